The molecule has 1 heterocycles. The van der Waals surface area contributed by atoms with Crippen molar-refractivity contribution in [2.75, 3.05) is 0 Å². The Bertz CT molecular complexity index is 346. The monoisotopic (exact) mass is 174 g/mol. The highest BCUT2D eigenvalue weighted by Crippen LogP contribution is 2.47. The highest BCUT2D eigenvalue weighted by Gasteiger charge is 2.45. The molecule has 1 aliphatic rings. The van der Waals surface area contributed by atoms with E-state index in [9.17, 15) is 0 Å². The van der Waals surface area contributed by atoms with Gasteiger partial charge in [0.2, 0.25) is 0 Å². The van der Waals surface area contributed by atoms with Crippen LogP contribution in [0.2, 0.25) is 0 Å². The van der Waals surface area contributed by atoms with Crippen LogP contribution in [0.1, 0.15) is 24.1 Å². The van der Waals surface area contributed by atoms with Crippen molar-refractivity contribution in [1.29, 1.82) is 5.26 Å². The van der Waals surface area contributed by atoms with Gasteiger partial charge < -0.3 is 5.11 Å². The first-order chi connectivity index (χ1) is 6.30. The topological polar surface area (TPSA) is 56.9 Å². The minimum absolute atomic E-state index is 0.0418. The van der Waals surface area contributed by atoms with E-state index in [0.717, 1.165) is 18.4 Å². The summed E-state index contributed by atoms with van der Waals surface area (Å²) in [5, 5.41) is 17.7. The third-order valence-electron chi connectivity index (χ3n) is 2.50. The predicted molar refractivity (Wildman–Crippen MR) is 46.7 cm³/mol. The van der Waals surface area contributed by atoms with Crippen LogP contribution in [-0.4, -0.2) is 10.1 Å². The van der Waals surface area contributed by atoms with E-state index in [1.807, 2.05) is 6.07 Å². The van der Waals surface area contributed by atoms with Crippen molar-refractivity contribution in [2.45, 2.75) is 24.9 Å². The van der Waals surface area contributed by atoms with Crippen LogP contribution in [0.5, 0.6) is 0 Å². The van der Waals surface area contributed by atoms with Crippen molar-refractivity contribution < 1.29 is 5.11 Å². The molecule has 0 atom stereocenters. The fourth-order valence-electron chi connectivity index (χ4n) is 1.39. The van der Waals surface area contributed by atoms with Crippen LogP contribution in [0.3, 0.4) is 0 Å². The van der Waals surface area contributed by atoms with Crippen molar-refractivity contribution in [2.24, 2.45) is 0 Å². The molecule has 0 radical (unpaired) electrons. The molecule has 1 aromatic rings. The summed E-state index contributed by atoms with van der Waals surface area (Å²) in [7, 11) is 0. The Balaban J connectivity index is 2.29. The normalized spacial score (nSPS) is 17.8. The van der Waals surface area contributed by atoms with Crippen LogP contribution >= 0.6 is 0 Å². The van der Waals surface area contributed by atoms with E-state index in [2.05, 4.69) is 11.1 Å². The molecule has 1 saturated carbocycles. The Labute approximate surface area is 76.7 Å². The molecule has 66 valence electrons. The van der Waals surface area contributed by atoms with Crippen LogP contribution < -0.4 is 0 Å². The molecule has 13 heavy (non-hydrogen) atoms. The van der Waals surface area contributed by atoms with Gasteiger partial charge in [-0.1, -0.05) is 6.07 Å². The molecule has 3 nitrogen and oxygen atoms in total. The van der Waals surface area contributed by atoms with Gasteiger partial charge in [0, 0.05) is 6.20 Å². The summed E-state index contributed by atoms with van der Waals surface area (Å²) >= 11 is 0. The highest BCUT2D eigenvalue weighted by atomic mass is 16.3. The number of pyridine rings is 1. The lowest BCUT2D eigenvalue weighted by Gasteiger charge is -2.04. The van der Waals surface area contributed by atoms with Crippen molar-refractivity contribution in [3.8, 4) is 6.07 Å². The first-order valence-corrected chi connectivity index (χ1v) is 4.28. The van der Waals surface area contributed by atoms with Crippen molar-refractivity contribution >= 4 is 0 Å². The summed E-state index contributed by atoms with van der Waals surface area (Å²) < 4.78 is 0. The molecule has 0 spiro atoms. The summed E-state index contributed by atoms with van der Waals surface area (Å²) in [4.78, 5) is 4.05. The molecule has 2 rings (SSSR count). The van der Waals surface area contributed by atoms with Gasteiger partial charge >= 0.3 is 0 Å². The lowest BCUT2D eigenvalue weighted by atomic mass is 10.00. The molecule has 0 unspecified atom stereocenters. The number of rotatable bonds is 2. The first kappa shape index (κ1) is 8.21. The van der Waals surface area contributed by atoms with Gasteiger partial charge in [-0.05, 0) is 24.5 Å². The van der Waals surface area contributed by atoms with Gasteiger partial charge in [0.25, 0.3) is 0 Å². The zero-order valence-electron chi connectivity index (χ0n) is 7.20. The predicted octanol–water partition coefficient (Wildman–Crippen LogP) is 1.13. The smallest absolute Gasteiger partial charge is 0.0852 e. The van der Waals surface area contributed by atoms with Gasteiger partial charge in [-0.2, -0.15) is 5.26 Å². The summed E-state index contributed by atoms with van der Waals surface area (Å²) in [6.07, 6.45) is 3.56. The Morgan fingerprint density at radius 1 is 1.54 bits per heavy atom. The molecule has 1 fully saturated rings. The second kappa shape index (κ2) is 2.82. The number of hydrogen-bond acceptors (Lipinski definition) is 3. The Hall–Kier alpha value is -1.40. The number of nitrogens with zero attached hydrogens (tertiary/aromatic N) is 2. The van der Waals surface area contributed by atoms with Crippen molar-refractivity contribution in [3.63, 3.8) is 0 Å². The highest BCUT2D eigenvalue weighted by molar-refractivity contribution is 5.37. The second-order valence-corrected chi connectivity index (χ2v) is 3.39. The SMILES string of the molecule is N#CC1(c2ccc(CO)nc2)CC1. The molecule has 1 aromatic heterocycles. The quantitative estimate of drug-likeness (QED) is 0.731. The molecule has 0 amide bonds. The number of aliphatic hydroxyl groups is 1. The van der Waals surface area contributed by atoms with Crippen LogP contribution in [0, 0.1) is 11.3 Å². The number of hydrogen-bond donors (Lipinski definition) is 1. The minimum atomic E-state index is -0.263. The van der Waals surface area contributed by atoms with Gasteiger partial charge in [0.1, 0.15) is 0 Å². The fraction of sp³-hybridized carbons (Fsp3) is 0.400. The van der Waals surface area contributed by atoms with Crippen LogP contribution in [-0.2, 0) is 12.0 Å². The molecule has 1 N–H and O–H groups in total. The van der Waals surface area contributed by atoms with Crippen LogP contribution in [0.4, 0.5) is 0 Å². The average molecular weight is 174 g/mol. The van der Waals surface area contributed by atoms with E-state index in [-0.39, 0.29) is 12.0 Å². The maximum Gasteiger partial charge on any atom is 0.0852 e. The van der Waals surface area contributed by atoms with Crippen molar-refractivity contribution in [1.82, 2.24) is 4.98 Å². The standard InChI is InChI=1S/C10H10N2O/c11-7-10(3-4-10)8-1-2-9(6-13)12-5-8/h1-2,5,13H,3-4,6H2. The Morgan fingerprint density at radius 2 is 2.31 bits per heavy atom. The summed E-state index contributed by atoms with van der Waals surface area (Å²) in [5.41, 5.74) is 1.37. The van der Waals surface area contributed by atoms with Crippen LogP contribution in [0.15, 0.2) is 18.3 Å². The summed E-state index contributed by atoms with van der Waals surface area (Å²) in [6, 6.07) is 5.96. The Morgan fingerprint density at radius 3 is 2.69 bits per heavy atom. The van der Waals surface area contributed by atoms with Gasteiger partial charge in [-0.15, -0.1) is 0 Å². The van der Waals surface area contributed by atoms with Crippen molar-refractivity contribution in [3.05, 3.63) is 29.6 Å². The first-order valence-electron chi connectivity index (χ1n) is 4.28. The summed E-state index contributed by atoms with van der Waals surface area (Å²) in [6.45, 7) is -0.0418. The van der Waals surface area contributed by atoms with E-state index in [4.69, 9.17) is 10.4 Å². The largest absolute Gasteiger partial charge is 0.390 e. The molecule has 0 aromatic carbocycles. The van der Waals surface area contributed by atoms with Gasteiger partial charge in [-0.3, -0.25) is 4.98 Å². The second-order valence-electron chi connectivity index (χ2n) is 3.39. The van der Waals surface area contributed by atoms with E-state index in [0.29, 0.717) is 5.69 Å². The van der Waals surface area contributed by atoms with E-state index >= 15 is 0 Å². The van der Waals surface area contributed by atoms with Gasteiger partial charge in [0.05, 0.1) is 23.8 Å². The van der Waals surface area contributed by atoms with Gasteiger partial charge in [0.15, 0.2) is 0 Å². The molecule has 0 saturated heterocycles. The van der Waals surface area contributed by atoms with E-state index in [1.54, 1.807) is 12.3 Å². The molecular weight excluding hydrogens is 164 g/mol. The number of nitriles is 1. The van der Waals surface area contributed by atoms with E-state index < -0.39 is 0 Å². The Kier molecular flexibility index (Phi) is 1.78. The van der Waals surface area contributed by atoms with E-state index in [1.165, 1.54) is 0 Å². The molecule has 0 aliphatic heterocycles. The number of aromatic nitrogens is 1. The molecule has 3 heteroatoms. The van der Waals surface area contributed by atoms with Gasteiger partial charge in [-0.25, -0.2) is 0 Å². The zero-order valence-corrected chi connectivity index (χ0v) is 7.20. The third kappa shape index (κ3) is 1.30. The number of aliphatic hydroxyl groups excluding tert-OH is 1. The maximum absolute atomic E-state index is 8.91. The average Bonchev–Trinajstić information content (AvgIpc) is 2.99. The van der Waals surface area contributed by atoms with Crippen LogP contribution in [0.25, 0.3) is 0 Å². The maximum atomic E-state index is 8.91. The molecule has 1 aliphatic carbocycles. The molecular formula is C10H10N2O. The minimum Gasteiger partial charge on any atom is -0.390 e. The molecule has 0 bridgehead atoms. The third-order valence-corrected chi connectivity index (χ3v) is 2.50. The fourth-order valence-corrected chi connectivity index (χ4v) is 1.39. The summed E-state index contributed by atoms with van der Waals surface area (Å²) in [5.74, 6) is 0. The lowest BCUT2D eigenvalue weighted by molar-refractivity contribution is 0.277. The zero-order chi connectivity index (χ0) is 9.31. The lowest BCUT2D eigenvalue weighted by Crippen LogP contribution is -2.03.